The summed E-state index contributed by atoms with van der Waals surface area (Å²) in [6.07, 6.45) is 0. The Kier molecular flexibility index (Phi) is 5.90. The van der Waals surface area contributed by atoms with Crippen molar-refractivity contribution in [3.63, 3.8) is 0 Å². The molecule has 0 saturated carbocycles. The van der Waals surface area contributed by atoms with Gasteiger partial charge < -0.3 is 20.1 Å². The molecule has 0 unspecified atom stereocenters. The number of carbonyl (C=O) groups excluding carboxylic acids is 1. The summed E-state index contributed by atoms with van der Waals surface area (Å²) in [6, 6.07) is 23.4. The van der Waals surface area contributed by atoms with Crippen LogP contribution in [0, 0.1) is 22.7 Å². The lowest BCUT2D eigenvalue weighted by atomic mass is 9.99. The molecule has 0 atom stereocenters. The number of carbonyl (C=O) groups is 1. The van der Waals surface area contributed by atoms with Gasteiger partial charge in [0.25, 0.3) is 5.91 Å². The second-order valence-electron chi connectivity index (χ2n) is 7.93. The lowest BCUT2D eigenvalue weighted by Crippen LogP contribution is -2.12. The second kappa shape index (κ2) is 9.49. The van der Waals surface area contributed by atoms with Crippen LogP contribution in [-0.4, -0.2) is 28.1 Å². The summed E-state index contributed by atoms with van der Waals surface area (Å²) in [5.74, 6) is -0.386. The van der Waals surface area contributed by atoms with Gasteiger partial charge in [0.1, 0.15) is 23.6 Å². The standard InChI is InChI=1S/C27H17N7O3/c1-37-19-8-6-18(7-9-19)30-26(36)21-12-17-10-15-4-2-3-5-16(15)11-20(17)24(25(21)35)33-34-27-31-22(13-28)23(14-29)32-27/h2-12,35H,1H3,(H,30,36)(H,31,32). The molecule has 0 radical (unpaired) electrons. The Morgan fingerprint density at radius 3 is 2.38 bits per heavy atom. The van der Waals surface area contributed by atoms with Crippen molar-refractivity contribution in [3.05, 3.63) is 83.7 Å². The first-order valence-corrected chi connectivity index (χ1v) is 11.0. The number of H-pyrrole nitrogens is 1. The molecule has 10 nitrogen and oxygen atoms in total. The Bertz CT molecular complexity index is 1760. The number of methoxy groups -OCH3 is 1. The Morgan fingerprint density at radius 2 is 1.73 bits per heavy atom. The van der Waals surface area contributed by atoms with Gasteiger partial charge in [-0.3, -0.25) is 4.79 Å². The van der Waals surface area contributed by atoms with Crippen LogP contribution in [0.4, 0.5) is 17.3 Å². The van der Waals surface area contributed by atoms with Gasteiger partial charge in [0.2, 0.25) is 5.95 Å². The number of phenols is 1. The van der Waals surface area contributed by atoms with E-state index in [4.69, 9.17) is 15.3 Å². The lowest BCUT2D eigenvalue weighted by Gasteiger charge is -2.12. The van der Waals surface area contributed by atoms with Gasteiger partial charge >= 0.3 is 0 Å². The number of nitrogens with zero attached hydrogens (tertiary/aromatic N) is 5. The molecule has 4 aromatic carbocycles. The van der Waals surface area contributed by atoms with Gasteiger partial charge in [0, 0.05) is 11.1 Å². The van der Waals surface area contributed by atoms with Crippen LogP contribution in [0.5, 0.6) is 11.5 Å². The molecule has 0 aliphatic rings. The van der Waals surface area contributed by atoms with Crippen LogP contribution < -0.4 is 10.1 Å². The second-order valence-corrected chi connectivity index (χ2v) is 7.93. The first kappa shape index (κ1) is 23.0. The van der Waals surface area contributed by atoms with E-state index in [9.17, 15) is 9.90 Å². The predicted octanol–water partition coefficient (Wildman–Crippen LogP) is 5.84. The Morgan fingerprint density at radius 1 is 1.00 bits per heavy atom. The number of hydrogen-bond acceptors (Lipinski definition) is 8. The summed E-state index contributed by atoms with van der Waals surface area (Å²) in [5.41, 5.74) is 0.364. The third-order valence-electron chi connectivity index (χ3n) is 5.70. The van der Waals surface area contributed by atoms with Crippen molar-refractivity contribution in [1.29, 1.82) is 10.5 Å². The maximum atomic E-state index is 13.2. The largest absolute Gasteiger partial charge is 0.505 e. The minimum Gasteiger partial charge on any atom is -0.505 e. The highest BCUT2D eigenvalue weighted by atomic mass is 16.5. The Labute approximate surface area is 210 Å². The van der Waals surface area contributed by atoms with Crippen LogP contribution in [0.2, 0.25) is 0 Å². The van der Waals surface area contributed by atoms with E-state index in [0.29, 0.717) is 22.2 Å². The SMILES string of the molecule is COc1ccc(NC(=O)c2cc3cc4ccccc4cc3c(N=Nc3nc(C#N)c(C#N)[nH]3)c2O)cc1. The molecular formula is C27H17N7O3. The van der Waals surface area contributed by atoms with Crippen molar-refractivity contribution >= 4 is 44.8 Å². The average Bonchev–Trinajstić information content (AvgIpc) is 3.34. The molecule has 37 heavy (non-hydrogen) atoms. The maximum absolute atomic E-state index is 13.2. The molecule has 0 fully saturated rings. The van der Waals surface area contributed by atoms with E-state index in [-0.39, 0.29) is 34.3 Å². The average molecular weight is 487 g/mol. The fraction of sp³-hybridized carbons (Fsp3) is 0.0370. The number of ether oxygens (including phenoxy) is 1. The van der Waals surface area contributed by atoms with E-state index in [2.05, 4.69) is 25.5 Å². The zero-order valence-electron chi connectivity index (χ0n) is 19.4. The zero-order chi connectivity index (χ0) is 25.9. The number of imidazole rings is 1. The van der Waals surface area contributed by atoms with Crippen LogP contribution in [0.3, 0.4) is 0 Å². The van der Waals surface area contributed by atoms with Crippen molar-refractivity contribution in [2.75, 3.05) is 12.4 Å². The normalized spacial score (nSPS) is 10.9. The summed E-state index contributed by atoms with van der Waals surface area (Å²) < 4.78 is 5.14. The summed E-state index contributed by atoms with van der Waals surface area (Å²) in [7, 11) is 1.55. The number of aromatic nitrogens is 2. The van der Waals surface area contributed by atoms with Crippen LogP contribution in [-0.2, 0) is 0 Å². The van der Waals surface area contributed by atoms with Gasteiger partial charge in [-0.1, -0.05) is 24.3 Å². The summed E-state index contributed by atoms with van der Waals surface area (Å²) in [5, 5.41) is 43.4. The van der Waals surface area contributed by atoms with Gasteiger partial charge in [-0.2, -0.15) is 15.5 Å². The highest BCUT2D eigenvalue weighted by Crippen LogP contribution is 2.41. The number of aromatic amines is 1. The van der Waals surface area contributed by atoms with Gasteiger partial charge in [0.15, 0.2) is 17.1 Å². The molecule has 5 rings (SSSR count). The van der Waals surface area contributed by atoms with Gasteiger partial charge in [-0.15, -0.1) is 10.2 Å². The predicted molar refractivity (Wildman–Crippen MR) is 136 cm³/mol. The monoisotopic (exact) mass is 487 g/mol. The minimum absolute atomic E-state index is 0.0116. The molecule has 0 bridgehead atoms. The number of benzene rings is 4. The third-order valence-corrected chi connectivity index (χ3v) is 5.70. The van der Waals surface area contributed by atoms with Crippen LogP contribution >= 0.6 is 0 Å². The summed E-state index contributed by atoms with van der Waals surface area (Å²) in [6.45, 7) is 0. The van der Waals surface area contributed by atoms with E-state index in [1.54, 1.807) is 43.5 Å². The number of nitriles is 2. The van der Waals surface area contributed by atoms with E-state index in [0.717, 1.165) is 10.8 Å². The molecule has 0 spiro atoms. The number of nitrogens with one attached hydrogen (secondary N) is 2. The topological polar surface area (TPSA) is 160 Å². The summed E-state index contributed by atoms with van der Waals surface area (Å²) in [4.78, 5) is 19.7. The zero-order valence-corrected chi connectivity index (χ0v) is 19.4. The van der Waals surface area contributed by atoms with E-state index < -0.39 is 5.91 Å². The number of rotatable bonds is 5. The van der Waals surface area contributed by atoms with Crippen molar-refractivity contribution in [3.8, 4) is 23.6 Å². The number of anilines is 1. The molecular weight excluding hydrogens is 470 g/mol. The van der Waals surface area contributed by atoms with Crippen molar-refractivity contribution in [2.45, 2.75) is 0 Å². The Hall–Kier alpha value is -5.74. The van der Waals surface area contributed by atoms with Crippen LogP contribution in [0.25, 0.3) is 21.5 Å². The van der Waals surface area contributed by atoms with Gasteiger partial charge in [-0.05, 0) is 58.6 Å². The first-order chi connectivity index (χ1) is 18.0. The lowest BCUT2D eigenvalue weighted by molar-refractivity contribution is 0.102. The summed E-state index contributed by atoms with van der Waals surface area (Å²) >= 11 is 0. The quantitative estimate of drug-likeness (QED) is 0.208. The molecule has 178 valence electrons. The molecule has 1 heterocycles. The van der Waals surface area contributed by atoms with Crippen LogP contribution in [0.1, 0.15) is 21.7 Å². The fourth-order valence-corrected chi connectivity index (χ4v) is 3.88. The number of fused-ring (bicyclic) bond motifs is 2. The van der Waals surface area contributed by atoms with Gasteiger partial charge in [0.05, 0.1) is 12.7 Å². The number of hydrogen-bond donors (Lipinski definition) is 3. The molecule has 1 aromatic heterocycles. The molecule has 5 aromatic rings. The van der Waals surface area contributed by atoms with Crippen molar-refractivity contribution in [2.24, 2.45) is 10.2 Å². The van der Waals surface area contributed by atoms with Crippen LogP contribution in [0.15, 0.2) is 77.0 Å². The molecule has 1 amide bonds. The third kappa shape index (κ3) is 4.38. The number of azo groups is 1. The van der Waals surface area contributed by atoms with Gasteiger partial charge in [-0.25, -0.2) is 0 Å². The van der Waals surface area contributed by atoms with E-state index in [1.165, 1.54) is 0 Å². The molecule has 0 saturated heterocycles. The molecule has 10 heteroatoms. The first-order valence-electron chi connectivity index (χ1n) is 11.0. The highest BCUT2D eigenvalue weighted by Gasteiger charge is 2.20. The smallest absolute Gasteiger partial charge is 0.259 e. The number of amides is 1. The van der Waals surface area contributed by atoms with E-state index in [1.807, 2.05) is 42.5 Å². The fourth-order valence-electron chi connectivity index (χ4n) is 3.88. The number of aromatic hydroxyl groups is 1. The number of phenolic OH excluding ortho intramolecular Hbond substituents is 1. The van der Waals surface area contributed by atoms with Crippen molar-refractivity contribution in [1.82, 2.24) is 9.97 Å². The molecule has 0 aliphatic carbocycles. The maximum Gasteiger partial charge on any atom is 0.259 e. The minimum atomic E-state index is -0.550. The molecule has 3 N–H and O–H groups in total. The Balaban J connectivity index is 1.63. The van der Waals surface area contributed by atoms with Crippen molar-refractivity contribution < 1.29 is 14.6 Å². The molecule has 0 aliphatic heterocycles. The highest BCUT2D eigenvalue weighted by molar-refractivity contribution is 6.13. The van der Waals surface area contributed by atoms with E-state index >= 15 is 0 Å².